The Kier molecular flexibility index (Phi) is 6.56. The number of likely N-dealkylation sites (N-methyl/N-ethyl adjacent to an activating group) is 1. The summed E-state index contributed by atoms with van der Waals surface area (Å²) in [6.45, 7) is 4.23. The molecule has 1 aromatic carbocycles. The van der Waals surface area contributed by atoms with Crippen LogP contribution < -0.4 is 5.56 Å². The molecule has 2 aliphatic rings. The summed E-state index contributed by atoms with van der Waals surface area (Å²) in [5.41, 5.74) is 0.539. The molecule has 9 nitrogen and oxygen atoms in total. The van der Waals surface area contributed by atoms with Gasteiger partial charge in [0.15, 0.2) is 15.9 Å². The first kappa shape index (κ1) is 23.4. The highest BCUT2D eigenvalue weighted by molar-refractivity contribution is 7.91. The number of esters is 1. The number of carbonyl (C=O) groups is 2. The summed E-state index contributed by atoms with van der Waals surface area (Å²) in [4.78, 5) is 44.6. The molecule has 4 rings (SSSR count). The van der Waals surface area contributed by atoms with Gasteiger partial charge in [-0.15, -0.1) is 0 Å². The van der Waals surface area contributed by atoms with Gasteiger partial charge in [0.1, 0.15) is 5.82 Å². The summed E-state index contributed by atoms with van der Waals surface area (Å²) in [5.74, 6) is -0.392. The van der Waals surface area contributed by atoms with E-state index >= 15 is 0 Å². The molecule has 1 fully saturated rings. The molecule has 1 amide bonds. The Morgan fingerprint density at radius 3 is 2.76 bits per heavy atom. The summed E-state index contributed by atoms with van der Waals surface area (Å²) >= 11 is 0. The number of rotatable bonds is 5. The van der Waals surface area contributed by atoms with Gasteiger partial charge in [0.25, 0.3) is 11.5 Å². The number of ether oxygens (including phenoxy) is 1. The summed E-state index contributed by atoms with van der Waals surface area (Å²) in [7, 11) is -3.15. The number of hydrogen-bond acceptors (Lipinski definition) is 7. The summed E-state index contributed by atoms with van der Waals surface area (Å²) in [5, 5.41) is 0.445. The Labute approximate surface area is 192 Å². The fourth-order valence-electron chi connectivity index (χ4n) is 4.67. The van der Waals surface area contributed by atoms with Crippen LogP contribution in [0.3, 0.4) is 0 Å². The lowest BCUT2D eigenvalue weighted by Crippen LogP contribution is -2.46. The molecule has 0 spiro atoms. The standard InChI is InChI=1S/C23H29N3O6S/c1-3-25(17-10-12-33(30,31)14-17)21(27)15(2)32-23(29)16-8-9-18-19(13-16)24-20-7-5-4-6-11-26(20)22(18)28/h8-9,13,15,17H,3-7,10-12,14H2,1-2H3/t15-,17-/m1/s1. The van der Waals surface area contributed by atoms with Gasteiger partial charge < -0.3 is 9.64 Å². The van der Waals surface area contributed by atoms with Crippen molar-refractivity contribution in [1.29, 1.82) is 0 Å². The zero-order chi connectivity index (χ0) is 23.8. The number of aryl methyl sites for hydroxylation is 1. The summed E-state index contributed by atoms with van der Waals surface area (Å²) < 4.78 is 30.7. The van der Waals surface area contributed by atoms with Gasteiger partial charge in [0.05, 0.1) is 28.0 Å². The van der Waals surface area contributed by atoms with Crippen molar-refractivity contribution < 1.29 is 22.7 Å². The van der Waals surface area contributed by atoms with Crippen LogP contribution in [0.1, 0.15) is 55.7 Å². The lowest BCUT2D eigenvalue weighted by Gasteiger charge is -2.29. The third-order valence-electron chi connectivity index (χ3n) is 6.46. The van der Waals surface area contributed by atoms with Gasteiger partial charge in [-0.05, 0) is 51.3 Å². The molecule has 3 heterocycles. The maximum absolute atomic E-state index is 12.9. The molecule has 2 aliphatic heterocycles. The second-order valence-electron chi connectivity index (χ2n) is 8.76. The van der Waals surface area contributed by atoms with Crippen LogP contribution in [-0.4, -0.2) is 64.9 Å². The highest BCUT2D eigenvalue weighted by Gasteiger charge is 2.36. The molecule has 0 aliphatic carbocycles. The maximum Gasteiger partial charge on any atom is 0.338 e. The van der Waals surface area contributed by atoms with Crippen LogP contribution in [0, 0.1) is 0 Å². The van der Waals surface area contributed by atoms with Crippen LogP contribution in [0.15, 0.2) is 23.0 Å². The number of carbonyl (C=O) groups excluding carboxylic acids is 2. The number of benzene rings is 1. The fraction of sp³-hybridized carbons (Fsp3) is 0.565. The zero-order valence-corrected chi connectivity index (χ0v) is 19.8. The summed E-state index contributed by atoms with van der Waals surface area (Å²) in [6.07, 6.45) is 2.99. The van der Waals surface area contributed by atoms with Crippen molar-refractivity contribution >= 4 is 32.6 Å². The minimum absolute atomic E-state index is 0.0589. The molecule has 10 heteroatoms. The smallest absolute Gasteiger partial charge is 0.338 e. The second kappa shape index (κ2) is 9.24. The monoisotopic (exact) mass is 475 g/mol. The zero-order valence-electron chi connectivity index (χ0n) is 19.0. The van der Waals surface area contributed by atoms with Gasteiger partial charge in [-0.25, -0.2) is 18.2 Å². The largest absolute Gasteiger partial charge is 0.449 e. The molecular weight excluding hydrogens is 446 g/mol. The van der Waals surface area contributed by atoms with Crippen molar-refractivity contribution in [3.05, 3.63) is 39.9 Å². The topological polar surface area (TPSA) is 116 Å². The highest BCUT2D eigenvalue weighted by atomic mass is 32.2. The Morgan fingerprint density at radius 1 is 1.27 bits per heavy atom. The molecule has 33 heavy (non-hydrogen) atoms. The Hall–Kier alpha value is -2.75. The van der Waals surface area contributed by atoms with Gasteiger partial charge in [0.2, 0.25) is 0 Å². The Balaban J connectivity index is 1.52. The van der Waals surface area contributed by atoms with Gasteiger partial charge in [-0.3, -0.25) is 14.2 Å². The van der Waals surface area contributed by atoms with Crippen molar-refractivity contribution in [3.63, 3.8) is 0 Å². The third kappa shape index (κ3) is 4.80. The molecule has 2 aromatic rings. The van der Waals surface area contributed by atoms with E-state index in [4.69, 9.17) is 4.74 Å². The predicted octanol–water partition coefficient (Wildman–Crippen LogP) is 1.70. The third-order valence-corrected chi connectivity index (χ3v) is 8.21. The van der Waals surface area contributed by atoms with Gasteiger partial charge in [0, 0.05) is 25.6 Å². The fourth-order valence-corrected chi connectivity index (χ4v) is 6.40. The van der Waals surface area contributed by atoms with E-state index in [1.165, 1.54) is 24.0 Å². The first-order valence-corrected chi connectivity index (χ1v) is 13.3. The van der Waals surface area contributed by atoms with E-state index in [2.05, 4.69) is 4.98 Å². The molecule has 1 aromatic heterocycles. The molecular formula is C23H29N3O6S. The Morgan fingerprint density at radius 2 is 2.06 bits per heavy atom. The van der Waals surface area contributed by atoms with Crippen molar-refractivity contribution in [3.8, 4) is 0 Å². The molecule has 0 N–H and O–H groups in total. The minimum atomic E-state index is -3.15. The number of nitrogens with zero attached hydrogens (tertiary/aromatic N) is 3. The van der Waals surface area contributed by atoms with E-state index in [1.807, 2.05) is 0 Å². The average molecular weight is 476 g/mol. The first-order valence-electron chi connectivity index (χ1n) is 11.5. The van der Waals surface area contributed by atoms with Gasteiger partial charge in [-0.1, -0.05) is 6.42 Å². The van der Waals surface area contributed by atoms with Gasteiger partial charge in [-0.2, -0.15) is 0 Å². The SMILES string of the molecule is CCN(C(=O)[C@@H](C)OC(=O)c1ccc2c(=O)n3c(nc2c1)CCCCC3)[C@@H]1CCS(=O)(=O)C1. The first-order chi connectivity index (χ1) is 15.7. The van der Waals surface area contributed by atoms with Crippen molar-refractivity contribution in [2.24, 2.45) is 0 Å². The van der Waals surface area contributed by atoms with E-state index in [0.29, 0.717) is 30.4 Å². The molecule has 0 bridgehead atoms. The number of hydrogen-bond donors (Lipinski definition) is 0. The molecule has 0 radical (unpaired) electrons. The number of amides is 1. The highest BCUT2D eigenvalue weighted by Crippen LogP contribution is 2.20. The lowest BCUT2D eigenvalue weighted by molar-refractivity contribution is -0.141. The quantitative estimate of drug-likeness (QED) is 0.605. The molecule has 178 valence electrons. The average Bonchev–Trinajstić information content (AvgIpc) is 2.98. The van der Waals surface area contributed by atoms with Crippen LogP contribution >= 0.6 is 0 Å². The van der Waals surface area contributed by atoms with E-state index in [9.17, 15) is 22.8 Å². The normalized spacial score (nSPS) is 20.6. The lowest BCUT2D eigenvalue weighted by atomic mass is 10.1. The summed E-state index contributed by atoms with van der Waals surface area (Å²) in [6, 6.07) is 4.22. The predicted molar refractivity (Wildman–Crippen MR) is 123 cm³/mol. The molecule has 1 saturated heterocycles. The maximum atomic E-state index is 12.9. The van der Waals surface area contributed by atoms with Crippen molar-refractivity contribution in [2.75, 3.05) is 18.1 Å². The van der Waals surface area contributed by atoms with E-state index in [1.54, 1.807) is 17.6 Å². The Bertz CT molecular complexity index is 1250. The van der Waals surface area contributed by atoms with Crippen molar-refractivity contribution in [2.45, 2.75) is 64.6 Å². The molecule has 0 saturated carbocycles. The number of aromatic nitrogens is 2. The molecule has 2 atom stereocenters. The number of fused-ring (bicyclic) bond motifs is 2. The minimum Gasteiger partial charge on any atom is -0.449 e. The van der Waals surface area contributed by atoms with Crippen LogP contribution in [0.2, 0.25) is 0 Å². The van der Waals surface area contributed by atoms with E-state index < -0.39 is 33.9 Å². The van der Waals surface area contributed by atoms with Crippen LogP contribution in [-0.2, 0) is 32.3 Å². The van der Waals surface area contributed by atoms with E-state index in [0.717, 1.165) is 31.5 Å². The number of sulfone groups is 1. The van der Waals surface area contributed by atoms with Crippen LogP contribution in [0.25, 0.3) is 10.9 Å². The van der Waals surface area contributed by atoms with Gasteiger partial charge >= 0.3 is 5.97 Å². The van der Waals surface area contributed by atoms with Crippen LogP contribution in [0.4, 0.5) is 0 Å². The second-order valence-corrected chi connectivity index (χ2v) is 11.0. The van der Waals surface area contributed by atoms with Crippen molar-refractivity contribution in [1.82, 2.24) is 14.5 Å². The van der Waals surface area contributed by atoms with E-state index in [-0.39, 0.29) is 22.6 Å². The van der Waals surface area contributed by atoms with Crippen LogP contribution in [0.5, 0.6) is 0 Å². The molecule has 0 unspecified atom stereocenters.